The average Bonchev–Trinajstić information content (AvgIpc) is 2.16. The van der Waals surface area contributed by atoms with Gasteiger partial charge in [0.2, 0.25) is 0 Å². The van der Waals surface area contributed by atoms with Gasteiger partial charge in [-0.15, -0.1) is 12.4 Å². The van der Waals surface area contributed by atoms with Crippen molar-refractivity contribution in [2.75, 3.05) is 6.54 Å². The number of halogens is 3. The summed E-state index contributed by atoms with van der Waals surface area (Å²) >= 11 is 3.25. The summed E-state index contributed by atoms with van der Waals surface area (Å²) in [7, 11) is 0. The Hall–Kier alpha value is -0.160. The molecule has 0 unspecified atom stereocenters. The van der Waals surface area contributed by atoms with Gasteiger partial charge in [-0.1, -0.05) is 22.4 Å². The molecule has 0 spiro atoms. The maximum absolute atomic E-state index is 13.1. The fourth-order valence-corrected chi connectivity index (χ4v) is 1.95. The lowest BCUT2D eigenvalue weighted by molar-refractivity contribution is 0.579. The van der Waals surface area contributed by atoms with E-state index >= 15 is 0 Å². The lowest BCUT2D eigenvalue weighted by atomic mass is 10.0. The van der Waals surface area contributed by atoms with Crippen LogP contribution in [0.25, 0.3) is 0 Å². The van der Waals surface area contributed by atoms with Crippen molar-refractivity contribution in [3.05, 3.63) is 34.1 Å². The van der Waals surface area contributed by atoms with Gasteiger partial charge in [0.25, 0.3) is 0 Å². The lowest BCUT2D eigenvalue weighted by Gasteiger charge is -2.12. The first-order valence-electron chi connectivity index (χ1n) is 5.05. The van der Waals surface area contributed by atoms with Crippen molar-refractivity contribution < 1.29 is 4.39 Å². The number of rotatable bonds is 5. The second kappa shape index (κ2) is 8.01. The smallest absolute Gasteiger partial charge is 0.124 e. The molecule has 0 radical (unpaired) electrons. The molecule has 0 heterocycles. The Balaban J connectivity index is 0.00000225. The Bertz CT molecular complexity index is 303. The van der Waals surface area contributed by atoms with Crippen LogP contribution in [-0.4, -0.2) is 6.54 Å². The van der Waals surface area contributed by atoms with Crippen LogP contribution < -0.4 is 11.5 Å². The largest absolute Gasteiger partial charge is 0.330 e. The van der Waals surface area contributed by atoms with E-state index in [1.54, 1.807) is 0 Å². The SMILES string of the molecule is Cl.NCCCC[C@H](N)c1cc(F)cc(Br)c1. The van der Waals surface area contributed by atoms with Crippen LogP contribution in [0.5, 0.6) is 0 Å². The molecular formula is C11H17BrClFN2. The molecule has 0 saturated heterocycles. The summed E-state index contributed by atoms with van der Waals surface area (Å²) in [6.07, 6.45) is 2.78. The Morgan fingerprint density at radius 2 is 1.94 bits per heavy atom. The summed E-state index contributed by atoms with van der Waals surface area (Å²) in [6.45, 7) is 0.680. The minimum atomic E-state index is -0.256. The molecule has 0 aliphatic carbocycles. The van der Waals surface area contributed by atoms with Crippen LogP contribution >= 0.6 is 28.3 Å². The second-order valence-electron chi connectivity index (χ2n) is 3.59. The lowest BCUT2D eigenvalue weighted by Crippen LogP contribution is -2.11. The van der Waals surface area contributed by atoms with Crippen molar-refractivity contribution in [2.45, 2.75) is 25.3 Å². The molecule has 0 aromatic heterocycles. The van der Waals surface area contributed by atoms with Gasteiger partial charge in [0.15, 0.2) is 0 Å². The van der Waals surface area contributed by atoms with E-state index in [2.05, 4.69) is 15.9 Å². The number of unbranched alkanes of at least 4 members (excludes halogenated alkanes) is 1. The van der Waals surface area contributed by atoms with E-state index in [1.807, 2.05) is 6.07 Å². The van der Waals surface area contributed by atoms with Gasteiger partial charge in [-0.2, -0.15) is 0 Å². The zero-order valence-electron chi connectivity index (χ0n) is 8.96. The zero-order valence-corrected chi connectivity index (χ0v) is 11.4. The third kappa shape index (κ3) is 5.25. The van der Waals surface area contributed by atoms with Gasteiger partial charge in [0.1, 0.15) is 5.82 Å². The monoisotopic (exact) mass is 310 g/mol. The quantitative estimate of drug-likeness (QED) is 0.821. The van der Waals surface area contributed by atoms with Crippen molar-refractivity contribution in [3.8, 4) is 0 Å². The molecule has 0 saturated carbocycles. The van der Waals surface area contributed by atoms with E-state index in [9.17, 15) is 4.39 Å². The molecule has 1 atom stereocenters. The first-order chi connectivity index (χ1) is 7.13. The number of nitrogens with two attached hydrogens (primary N) is 2. The Labute approximate surface area is 110 Å². The van der Waals surface area contributed by atoms with Crippen LogP contribution in [0.3, 0.4) is 0 Å². The normalized spacial score (nSPS) is 12.0. The van der Waals surface area contributed by atoms with Crippen molar-refractivity contribution >= 4 is 28.3 Å². The molecule has 16 heavy (non-hydrogen) atoms. The van der Waals surface area contributed by atoms with Crippen molar-refractivity contribution in [1.29, 1.82) is 0 Å². The third-order valence-corrected chi connectivity index (χ3v) is 2.74. The van der Waals surface area contributed by atoms with E-state index in [1.165, 1.54) is 12.1 Å². The summed E-state index contributed by atoms with van der Waals surface area (Å²) in [5.74, 6) is -0.256. The van der Waals surface area contributed by atoms with E-state index in [0.717, 1.165) is 29.3 Å². The highest BCUT2D eigenvalue weighted by Crippen LogP contribution is 2.22. The van der Waals surface area contributed by atoms with Gasteiger partial charge in [-0.3, -0.25) is 0 Å². The zero-order chi connectivity index (χ0) is 11.3. The van der Waals surface area contributed by atoms with E-state index < -0.39 is 0 Å². The highest BCUT2D eigenvalue weighted by molar-refractivity contribution is 9.10. The maximum Gasteiger partial charge on any atom is 0.124 e. The third-order valence-electron chi connectivity index (χ3n) is 2.28. The van der Waals surface area contributed by atoms with Gasteiger partial charge < -0.3 is 11.5 Å². The minimum absolute atomic E-state index is 0. The van der Waals surface area contributed by atoms with Crippen LogP contribution in [0.2, 0.25) is 0 Å². The maximum atomic E-state index is 13.1. The van der Waals surface area contributed by atoms with Crippen LogP contribution in [0.4, 0.5) is 4.39 Å². The van der Waals surface area contributed by atoms with Crippen LogP contribution in [-0.2, 0) is 0 Å². The van der Waals surface area contributed by atoms with E-state index in [4.69, 9.17) is 11.5 Å². The Morgan fingerprint density at radius 3 is 2.50 bits per heavy atom. The standard InChI is InChI=1S/C11H16BrFN2.ClH/c12-9-5-8(6-10(13)7-9)11(15)3-1-2-4-14;/h5-7,11H,1-4,14-15H2;1H/t11-;/m0./s1. The van der Waals surface area contributed by atoms with E-state index in [-0.39, 0.29) is 24.3 Å². The van der Waals surface area contributed by atoms with E-state index in [0.29, 0.717) is 6.54 Å². The van der Waals surface area contributed by atoms with Gasteiger partial charge in [-0.05, 0) is 43.1 Å². The summed E-state index contributed by atoms with van der Waals surface area (Å²) in [5.41, 5.74) is 12.2. The average molecular weight is 312 g/mol. The molecular weight excluding hydrogens is 294 g/mol. The first-order valence-corrected chi connectivity index (χ1v) is 5.84. The molecule has 1 rings (SSSR count). The van der Waals surface area contributed by atoms with Crippen molar-refractivity contribution in [3.63, 3.8) is 0 Å². The molecule has 0 bridgehead atoms. The topological polar surface area (TPSA) is 52.0 Å². The number of hydrogen-bond donors (Lipinski definition) is 2. The number of benzene rings is 1. The molecule has 0 fully saturated rings. The molecule has 0 amide bonds. The predicted octanol–water partition coefficient (Wildman–Crippen LogP) is 3.14. The Kier molecular flexibility index (Phi) is 7.93. The van der Waals surface area contributed by atoms with Gasteiger partial charge in [0.05, 0.1) is 0 Å². The fraction of sp³-hybridized carbons (Fsp3) is 0.455. The van der Waals surface area contributed by atoms with Gasteiger partial charge in [-0.25, -0.2) is 4.39 Å². The molecule has 2 nitrogen and oxygen atoms in total. The van der Waals surface area contributed by atoms with Crippen LogP contribution in [0.15, 0.2) is 22.7 Å². The van der Waals surface area contributed by atoms with Crippen LogP contribution in [0.1, 0.15) is 30.9 Å². The van der Waals surface area contributed by atoms with Gasteiger partial charge in [0, 0.05) is 10.5 Å². The summed E-state index contributed by atoms with van der Waals surface area (Å²) in [5, 5.41) is 0. The highest BCUT2D eigenvalue weighted by Gasteiger charge is 2.07. The molecule has 1 aromatic rings. The predicted molar refractivity (Wildman–Crippen MR) is 71.2 cm³/mol. The van der Waals surface area contributed by atoms with Crippen LogP contribution in [0, 0.1) is 5.82 Å². The second-order valence-corrected chi connectivity index (χ2v) is 4.51. The fourth-order valence-electron chi connectivity index (χ4n) is 1.46. The molecule has 0 aliphatic heterocycles. The summed E-state index contributed by atoms with van der Waals surface area (Å²) < 4.78 is 13.8. The Morgan fingerprint density at radius 1 is 1.25 bits per heavy atom. The molecule has 5 heteroatoms. The minimum Gasteiger partial charge on any atom is -0.330 e. The summed E-state index contributed by atoms with van der Waals surface area (Å²) in [4.78, 5) is 0. The molecule has 1 aromatic carbocycles. The first kappa shape index (κ1) is 15.8. The molecule has 0 aliphatic rings. The van der Waals surface area contributed by atoms with Crippen molar-refractivity contribution in [1.82, 2.24) is 0 Å². The van der Waals surface area contributed by atoms with Crippen molar-refractivity contribution in [2.24, 2.45) is 11.5 Å². The highest BCUT2D eigenvalue weighted by atomic mass is 79.9. The van der Waals surface area contributed by atoms with Gasteiger partial charge >= 0.3 is 0 Å². The summed E-state index contributed by atoms with van der Waals surface area (Å²) in [6, 6.07) is 4.66. The number of hydrogen-bond acceptors (Lipinski definition) is 2. The molecule has 4 N–H and O–H groups in total. The molecule has 92 valence electrons.